The number of fused-ring (bicyclic) bond motifs is 1. The number of benzene rings is 2. The Morgan fingerprint density at radius 2 is 2.10 bits per heavy atom. The highest BCUT2D eigenvalue weighted by atomic mass is 35.5. The fourth-order valence-corrected chi connectivity index (χ4v) is 5.41. The molecule has 0 spiro atoms. The van der Waals surface area contributed by atoms with Crippen molar-refractivity contribution in [3.63, 3.8) is 0 Å². The molecular weight excluding hydrogens is 458 g/mol. The van der Waals surface area contributed by atoms with Crippen LogP contribution in [-0.4, -0.2) is 36.9 Å². The number of halogens is 1. The van der Waals surface area contributed by atoms with Gasteiger partial charge in [0.2, 0.25) is 0 Å². The highest BCUT2D eigenvalue weighted by molar-refractivity contribution is 7.93. The molecule has 0 saturated heterocycles. The molecule has 7 nitrogen and oxygen atoms in total. The van der Waals surface area contributed by atoms with Gasteiger partial charge in [-0.1, -0.05) is 23.7 Å². The van der Waals surface area contributed by atoms with Crippen molar-refractivity contribution < 1.29 is 17.9 Å². The number of thiazole rings is 1. The molecule has 31 heavy (non-hydrogen) atoms. The minimum Gasteiger partial charge on any atom is -0.481 e. The molecule has 162 valence electrons. The Labute approximate surface area is 189 Å². The Bertz CT molecular complexity index is 1200. The van der Waals surface area contributed by atoms with E-state index in [-0.39, 0.29) is 10.8 Å². The van der Waals surface area contributed by atoms with Crippen LogP contribution < -0.4 is 9.46 Å². The molecule has 1 aliphatic heterocycles. The van der Waals surface area contributed by atoms with Crippen LogP contribution in [0.15, 0.2) is 58.9 Å². The summed E-state index contributed by atoms with van der Waals surface area (Å²) in [5.74, 6) is 0.354. The molecule has 10 heteroatoms. The van der Waals surface area contributed by atoms with Crippen molar-refractivity contribution in [2.45, 2.75) is 30.9 Å². The number of nitrogens with zero attached hydrogens (tertiary/aromatic N) is 2. The summed E-state index contributed by atoms with van der Waals surface area (Å²) in [6.07, 6.45) is 1.48. The first-order valence-electron chi connectivity index (χ1n) is 9.57. The van der Waals surface area contributed by atoms with Gasteiger partial charge in [-0.05, 0) is 54.8 Å². The van der Waals surface area contributed by atoms with Crippen molar-refractivity contribution in [2.24, 2.45) is 0 Å². The number of sulfonamides is 1. The molecule has 2 heterocycles. The van der Waals surface area contributed by atoms with Crippen molar-refractivity contribution >= 4 is 44.0 Å². The number of hydrogen-bond acceptors (Lipinski definition) is 6. The lowest BCUT2D eigenvalue weighted by molar-refractivity contribution is -0.138. The van der Waals surface area contributed by atoms with Gasteiger partial charge < -0.3 is 9.64 Å². The smallest absolute Gasteiger partial charge is 0.263 e. The number of carbonyl (C=O) groups is 1. The maximum absolute atomic E-state index is 12.9. The summed E-state index contributed by atoms with van der Waals surface area (Å²) in [4.78, 5) is 18.7. The molecular formula is C21H20ClN3O4S2. The molecule has 1 N–H and O–H groups in total. The molecule has 0 aliphatic carbocycles. The lowest BCUT2D eigenvalue weighted by Gasteiger charge is -2.31. The number of aromatic nitrogens is 1. The van der Waals surface area contributed by atoms with Gasteiger partial charge in [-0.15, -0.1) is 11.3 Å². The van der Waals surface area contributed by atoms with Crippen LogP contribution in [0.25, 0.3) is 0 Å². The van der Waals surface area contributed by atoms with Crippen LogP contribution >= 0.6 is 22.9 Å². The molecule has 0 fully saturated rings. The van der Waals surface area contributed by atoms with E-state index in [0.717, 1.165) is 11.1 Å². The van der Waals surface area contributed by atoms with Crippen LogP contribution in [-0.2, 0) is 27.8 Å². The summed E-state index contributed by atoms with van der Waals surface area (Å²) >= 11 is 7.18. The third kappa shape index (κ3) is 5.00. The summed E-state index contributed by atoms with van der Waals surface area (Å²) in [5.41, 5.74) is 1.83. The van der Waals surface area contributed by atoms with Crippen LogP contribution in [0.2, 0.25) is 5.02 Å². The van der Waals surface area contributed by atoms with Gasteiger partial charge in [0.05, 0.1) is 4.90 Å². The van der Waals surface area contributed by atoms with Gasteiger partial charge in [0.25, 0.3) is 15.9 Å². The zero-order valence-corrected chi connectivity index (χ0v) is 19.0. The van der Waals surface area contributed by atoms with Crippen LogP contribution in [0.5, 0.6) is 5.75 Å². The zero-order valence-electron chi connectivity index (χ0n) is 16.6. The highest BCUT2D eigenvalue weighted by Gasteiger charge is 2.27. The lowest BCUT2D eigenvalue weighted by atomic mass is 9.99. The quantitative estimate of drug-likeness (QED) is 0.580. The van der Waals surface area contributed by atoms with Crippen LogP contribution in [0.1, 0.15) is 18.1 Å². The van der Waals surface area contributed by atoms with Crippen LogP contribution in [0, 0.1) is 0 Å². The molecule has 4 rings (SSSR count). The van der Waals surface area contributed by atoms with E-state index in [4.69, 9.17) is 16.3 Å². The molecule has 0 bridgehead atoms. The second-order valence-electron chi connectivity index (χ2n) is 7.10. The number of ether oxygens (including phenoxy) is 1. The van der Waals surface area contributed by atoms with Crippen molar-refractivity contribution in [3.05, 3.63) is 70.2 Å². The van der Waals surface area contributed by atoms with Crippen molar-refractivity contribution in [1.82, 2.24) is 9.88 Å². The number of nitrogens with one attached hydrogen (secondary N) is 1. The van der Waals surface area contributed by atoms with E-state index in [9.17, 15) is 13.2 Å². The minimum absolute atomic E-state index is 0.138. The molecule has 1 amide bonds. The molecule has 1 aliphatic rings. The Morgan fingerprint density at radius 1 is 1.26 bits per heavy atom. The van der Waals surface area contributed by atoms with Gasteiger partial charge in [0.1, 0.15) is 5.75 Å². The first kappa shape index (κ1) is 21.6. The zero-order chi connectivity index (χ0) is 22.0. The molecule has 3 aromatic rings. The Morgan fingerprint density at radius 3 is 2.84 bits per heavy atom. The van der Waals surface area contributed by atoms with Gasteiger partial charge in [0, 0.05) is 29.7 Å². The number of hydrogen-bond donors (Lipinski definition) is 1. The van der Waals surface area contributed by atoms with Gasteiger partial charge in [-0.2, -0.15) is 0 Å². The maximum Gasteiger partial charge on any atom is 0.263 e. The Balaban J connectivity index is 1.48. The largest absolute Gasteiger partial charge is 0.481 e. The van der Waals surface area contributed by atoms with Crippen LogP contribution in [0.3, 0.4) is 0 Å². The number of anilines is 1. The first-order chi connectivity index (χ1) is 14.8. The molecule has 1 aromatic heterocycles. The van der Waals surface area contributed by atoms with Gasteiger partial charge >= 0.3 is 0 Å². The average molecular weight is 478 g/mol. The van der Waals surface area contributed by atoms with Gasteiger partial charge in [0.15, 0.2) is 11.2 Å². The van der Waals surface area contributed by atoms with Crippen molar-refractivity contribution in [3.8, 4) is 5.75 Å². The third-order valence-corrected chi connectivity index (χ3v) is 7.31. The van der Waals surface area contributed by atoms with Crippen molar-refractivity contribution in [2.75, 3.05) is 11.3 Å². The fourth-order valence-electron chi connectivity index (χ4n) is 3.39. The highest BCUT2D eigenvalue weighted by Crippen LogP contribution is 2.26. The predicted molar refractivity (Wildman–Crippen MR) is 120 cm³/mol. The summed E-state index contributed by atoms with van der Waals surface area (Å²) in [6.45, 7) is 2.55. The molecule has 0 saturated carbocycles. The SMILES string of the molecule is CC(Oc1cccc(Cl)c1)C(=O)N1CCc2ccc(S(=O)(=O)Nc3nccs3)cc2C1. The van der Waals surface area contributed by atoms with E-state index in [2.05, 4.69) is 9.71 Å². The van der Waals surface area contributed by atoms with E-state index < -0.39 is 16.1 Å². The number of amides is 1. The van der Waals surface area contributed by atoms with Crippen molar-refractivity contribution in [1.29, 1.82) is 0 Å². The topological polar surface area (TPSA) is 88.6 Å². The van der Waals surface area contributed by atoms with E-state index in [1.807, 2.05) is 0 Å². The Hall–Kier alpha value is -2.62. The fraction of sp³-hybridized carbons (Fsp3) is 0.238. The Kier molecular flexibility index (Phi) is 6.17. The number of rotatable bonds is 6. The molecule has 1 atom stereocenters. The summed E-state index contributed by atoms with van der Waals surface area (Å²) in [5, 5.41) is 2.53. The van der Waals surface area contributed by atoms with E-state index in [1.54, 1.807) is 59.7 Å². The second-order valence-corrected chi connectivity index (χ2v) is 10.1. The summed E-state index contributed by atoms with van der Waals surface area (Å²) < 4.78 is 33.6. The maximum atomic E-state index is 12.9. The summed E-state index contributed by atoms with van der Waals surface area (Å²) in [7, 11) is -3.76. The standard InChI is InChI=1S/C21H20ClN3O4S2/c1-14(29-18-4-2-3-17(22)12-18)20(26)25-9-7-15-5-6-19(11-16(15)13-25)31(27,28)24-21-23-8-10-30-21/h2-6,8,10-12,14H,7,9,13H2,1H3,(H,23,24). The first-order valence-corrected chi connectivity index (χ1v) is 12.3. The monoisotopic (exact) mass is 477 g/mol. The normalized spacial score (nSPS) is 14.6. The second kappa shape index (κ2) is 8.86. The lowest BCUT2D eigenvalue weighted by Crippen LogP contribution is -2.43. The molecule has 1 unspecified atom stereocenters. The predicted octanol–water partition coefficient (Wildman–Crippen LogP) is 3.95. The number of carbonyl (C=O) groups excluding carboxylic acids is 1. The molecule has 0 radical (unpaired) electrons. The average Bonchev–Trinajstić information content (AvgIpc) is 3.24. The van der Waals surface area contributed by atoms with E-state index in [1.165, 1.54) is 17.5 Å². The third-order valence-electron chi connectivity index (χ3n) is 4.92. The van der Waals surface area contributed by atoms with Gasteiger partial charge in [-0.3, -0.25) is 9.52 Å². The van der Waals surface area contributed by atoms with Gasteiger partial charge in [-0.25, -0.2) is 13.4 Å². The minimum atomic E-state index is -3.76. The summed E-state index contributed by atoms with van der Waals surface area (Å²) in [6, 6.07) is 11.9. The van der Waals surface area contributed by atoms with Crippen LogP contribution in [0.4, 0.5) is 5.13 Å². The van der Waals surface area contributed by atoms with E-state index in [0.29, 0.717) is 35.4 Å². The molecule has 2 aromatic carbocycles. The van der Waals surface area contributed by atoms with E-state index >= 15 is 0 Å².